The van der Waals surface area contributed by atoms with E-state index in [4.69, 9.17) is 11.6 Å². The number of benzene rings is 1. The molecule has 1 atom stereocenters. The molecule has 1 aromatic heterocycles. The van der Waals surface area contributed by atoms with E-state index < -0.39 is 0 Å². The van der Waals surface area contributed by atoms with Crippen molar-refractivity contribution in [3.05, 3.63) is 29.3 Å². The van der Waals surface area contributed by atoms with E-state index in [-0.39, 0.29) is 18.5 Å². The van der Waals surface area contributed by atoms with E-state index in [9.17, 15) is 4.79 Å². The molecule has 0 aliphatic carbocycles. The molecule has 21 heavy (non-hydrogen) atoms. The number of carbonyl (C=O) groups is 1. The highest BCUT2D eigenvalue weighted by Gasteiger charge is 2.11. The highest BCUT2D eigenvalue weighted by molar-refractivity contribution is 6.30. The van der Waals surface area contributed by atoms with E-state index >= 15 is 0 Å². The highest BCUT2D eigenvalue weighted by Crippen LogP contribution is 2.16. The van der Waals surface area contributed by atoms with Gasteiger partial charge < -0.3 is 5.32 Å². The number of aromatic nitrogens is 4. The number of carbonyl (C=O) groups excluding carboxylic acids is 1. The number of rotatable bonds is 6. The summed E-state index contributed by atoms with van der Waals surface area (Å²) in [6.07, 6.45) is 1.98. The van der Waals surface area contributed by atoms with Crippen molar-refractivity contribution in [2.75, 3.05) is 0 Å². The molecule has 1 aromatic carbocycles. The predicted octanol–water partition coefficient (Wildman–Crippen LogP) is 2.30. The van der Waals surface area contributed by atoms with E-state index in [1.165, 1.54) is 4.80 Å². The van der Waals surface area contributed by atoms with Crippen LogP contribution in [-0.2, 0) is 11.3 Å². The van der Waals surface area contributed by atoms with Gasteiger partial charge in [-0.3, -0.25) is 4.79 Å². The Balaban J connectivity index is 1.97. The van der Waals surface area contributed by atoms with E-state index in [1.54, 1.807) is 12.1 Å². The normalized spacial score (nSPS) is 12.1. The average molecular weight is 308 g/mol. The lowest BCUT2D eigenvalue weighted by atomic mass is 10.2. The Labute approximate surface area is 128 Å². The summed E-state index contributed by atoms with van der Waals surface area (Å²) in [6.45, 7) is 4.13. The molecule has 2 aromatic rings. The summed E-state index contributed by atoms with van der Waals surface area (Å²) < 4.78 is 0. The number of nitrogens with zero attached hydrogens (tertiary/aromatic N) is 4. The molecular formula is C14H18ClN5O. The van der Waals surface area contributed by atoms with Crippen molar-refractivity contribution < 1.29 is 4.79 Å². The molecule has 0 aliphatic rings. The summed E-state index contributed by atoms with van der Waals surface area (Å²) >= 11 is 5.83. The minimum Gasteiger partial charge on any atom is -0.352 e. The third-order valence-electron chi connectivity index (χ3n) is 2.97. The molecule has 0 spiro atoms. The molecule has 1 amide bonds. The Hall–Kier alpha value is -1.95. The molecule has 0 aliphatic heterocycles. The van der Waals surface area contributed by atoms with Crippen LogP contribution in [0.5, 0.6) is 0 Å². The Morgan fingerprint density at radius 3 is 2.76 bits per heavy atom. The maximum Gasteiger partial charge on any atom is 0.243 e. The van der Waals surface area contributed by atoms with Crippen molar-refractivity contribution in [2.45, 2.75) is 39.3 Å². The highest BCUT2D eigenvalue weighted by atomic mass is 35.5. The molecular weight excluding hydrogens is 290 g/mol. The number of hydrogen-bond acceptors (Lipinski definition) is 4. The molecule has 0 fully saturated rings. The van der Waals surface area contributed by atoms with Gasteiger partial charge in [-0.1, -0.05) is 24.9 Å². The van der Waals surface area contributed by atoms with Gasteiger partial charge >= 0.3 is 0 Å². The molecule has 0 saturated carbocycles. The van der Waals surface area contributed by atoms with Gasteiger partial charge in [0, 0.05) is 16.6 Å². The van der Waals surface area contributed by atoms with Crippen LogP contribution in [0.1, 0.15) is 26.7 Å². The van der Waals surface area contributed by atoms with Crippen LogP contribution >= 0.6 is 11.6 Å². The van der Waals surface area contributed by atoms with Gasteiger partial charge in [0.1, 0.15) is 6.54 Å². The Kier molecular flexibility index (Phi) is 5.27. The first-order valence-electron chi connectivity index (χ1n) is 6.91. The van der Waals surface area contributed by atoms with Crippen molar-refractivity contribution in [3.63, 3.8) is 0 Å². The summed E-state index contributed by atoms with van der Waals surface area (Å²) in [7, 11) is 0. The number of amides is 1. The van der Waals surface area contributed by atoms with Gasteiger partial charge in [0.2, 0.25) is 11.7 Å². The van der Waals surface area contributed by atoms with Crippen molar-refractivity contribution in [3.8, 4) is 11.4 Å². The fourth-order valence-electron chi connectivity index (χ4n) is 1.98. The van der Waals surface area contributed by atoms with E-state index in [1.807, 2.05) is 19.1 Å². The van der Waals surface area contributed by atoms with Crippen LogP contribution in [0.2, 0.25) is 5.02 Å². The standard InChI is InChI=1S/C14H18ClN5O/c1-3-4-10(2)16-13(21)9-20-18-14(17-19-20)11-5-7-12(15)8-6-11/h5-8,10H,3-4,9H2,1-2H3,(H,16,21)/t10-/m1/s1. The topological polar surface area (TPSA) is 72.7 Å². The van der Waals surface area contributed by atoms with Crippen LogP contribution in [-0.4, -0.2) is 32.2 Å². The van der Waals surface area contributed by atoms with Gasteiger partial charge in [-0.2, -0.15) is 4.80 Å². The molecule has 0 radical (unpaired) electrons. The second kappa shape index (κ2) is 7.17. The smallest absolute Gasteiger partial charge is 0.243 e. The van der Waals surface area contributed by atoms with Gasteiger partial charge in [-0.15, -0.1) is 10.2 Å². The first-order chi connectivity index (χ1) is 10.1. The second-order valence-corrected chi connectivity index (χ2v) is 5.34. The molecule has 1 heterocycles. The molecule has 7 heteroatoms. The van der Waals surface area contributed by atoms with Crippen LogP contribution < -0.4 is 5.32 Å². The maximum atomic E-state index is 11.8. The Morgan fingerprint density at radius 2 is 2.10 bits per heavy atom. The molecule has 0 bridgehead atoms. The van der Waals surface area contributed by atoms with Gasteiger partial charge in [-0.25, -0.2) is 0 Å². The zero-order chi connectivity index (χ0) is 15.2. The number of halogens is 1. The van der Waals surface area contributed by atoms with Gasteiger partial charge in [-0.05, 0) is 42.8 Å². The second-order valence-electron chi connectivity index (χ2n) is 4.91. The first kappa shape index (κ1) is 15.4. The fourth-order valence-corrected chi connectivity index (χ4v) is 2.10. The largest absolute Gasteiger partial charge is 0.352 e. The molecule has 0 saturated heterocycles. The first-order valence-corrected chi connectivity index (χ1v) is 7.29. The lowest BCUT2D eigenvalue weighted by Crippen LogP contribution is -2.35. The van der Waals surface area contributed by atoms with Crippen molar-refractivity contribution in [1.82, 2.24) is 25.5 Å². The number of hydrogen-bond donors (Lipinski definition) is 1. The SMILES string of the molecule is CCC[C@@H](C)NC(=O)Cn1nnc(-c2ccc(Cl)cc2)n1. The molecule has 112 valence electrons. The summed E-state index contributed by atoms with van der Waals surface area (Å²) in [5, 5.41) is 15.6. The van der Waals surface area contributed by atoms with E-state index in [0.29, 0.717) is 10.8 Å². The van der Waals surface area contributed by atoms with Crippen molar-refractivity contribution in [2.24, 2.45) is 0 Å². The molecule has 2 rings (SSSR count). The lowest BCUT2D eigenvalue weighted by molar-refractivity contribution is -0.122. The maximum absolute atomic E-state index is 11.8. The van der Waals surface area contributed by atoms with Crippen LogP contribution in [0.4, 0.5) is 0 Å². The minimum atomic E-state index is -0.115. The van der Waals surface area contributed by atoms with Crippen molar-refractivity contribution in [1.29, 1.82) is 0 Å². The van der Waals surface area contributed by atoms with Crippen LogP contribution in [0.15, 0.2) is 24.3 Å². The number of nitrogens with one attached hydrogen (secondary N) is 1. The minimum absolute atomic E-state index is 0.0641. The Morgan fingerprint density at radius 1 is 1.38 bits per heavy atom. The number of tetrazole rings is 1. The summed E-state index contributed by atoms with van der Waals surface area (Å²) in [5.41, 5.74) is 0.811. The summed E-state index contributed by atoms with van der Waals surface area (Å²) in [5.74, 6) is 0.358. The lowest BCUT2D eigenvalue weighted by Gasteiger charge is -2.11. The fraction of sp³-hybridized carbons (Fsp3) is 0.429. The van der Waals surface area contributed by atoms with Crippen LogP contribution in [0.3, 0.4) is 0 Å². The van der Waals surface area contributed by atoms with E-state index in [2.05, 4.69) is 27.7 Å². The van der Waals surface area contributed by atoms with E-state index in [0.717, 1.165) is 18.4 Å². The molecule has 1 N–H and O–H groups in total. The van der Waals surface area contributed by atoms with Gasteiger partial charge in [0.05, 0.1) is 0 Å². The third-order valence-corrected chi connectivity index (χ3v) is 3.22. The van der Waals surface area contributed by atoms with Crippen LogP contribution in [0, 0.1) is 0 Å². The quantitative estimate of drug-likeness (QED) is 0.888. The van der Waals surface area contributed by atoms with Crippen molar-refractivity contribution >= 4 is 17.5 Å². The summed E-state index contributed by atoms with van der Waals surface area (Å²) in [4.78, 5) is 13.1. The third kappa shape index (κ3) is 4.53. The zero-order valence-corrected chi connectivity index (χ0v) is 12.8. The molecule has 0 unspecified atom stereocenters. The molecule has 6 nitrogen and oxygen atoms in total. The Bertz CT molecular complexity index is 596. The zero-order valence-electron chi connectivity index (χ0n) is 12.1. The van der Waals surface area contributed by atoms with Crippen LogP contribution in [0.25, 0.3) is 11.4 Å². The summed E-state index contributed by atoms with van der Waals surface area (Å²) in [6, 6.07) is 7.30. The van der Waals surface area contributed by atoms with Gasteiger partial charge in [0.25, 0.3) is 0 Å². The predicted molar refractivity (Wildman–Crippen MR) is 80.8 cm³/mol. The monoisotopic (exact) mass is 307 g/mol. The van der Waals surface area contributed by atoms with Gasteiger partial charge in [0.15, 0.2) is 0 Å². The average Bonchev–Trinajstić information content (AvgIpc) is 2.88.